The molecule has 0 aliphatic heterocycles. The zero-order valence-corrected chi connectivity index (χ0v) is 20.1. The molecular formula is C24H19FN4OS3. The van der Waals surface area contributed by atoms with E-state index in [1.807, 2.05) is 60.3 Å². The molecular weight excluding hydrogens is 475 g/mol. The van der Waals surface area contributed by atoms with E-state index in [9.17, 15) is 9.18 Å². The van der Waals surface area contributed by atoms with E-state index in [2.05, 4.69) is 10.3 Å². The highest BCUT2D eigenvalue weighted by Gasteiger charge is 2.11. The van der Waals surface area contributed by atoms with Gasteiger partial charge < -0.3 is 9.88 Å². The Morgan fingerprint density at radius 1 is 1.12 bits per heavy atom. The van der Waals surface area contributed by atoms with E-state index in [-0.39, 0.29) is 17.5 Å². The van der Waals surface area contributed by atoms with Gasteiger partial charge in [-0.25, -0.2) is 14.4 Å². The summed E-state index contributed by atoms with van der Waals surface area (Å²) in [4.78, 5) is 21.3. The number of nitrogens with zero attached hydrogens (tertiary/aromatic N) is 3. The predicted octanol–water partition coefficient (Wildman–Crippen LogP) is 6.35. The van der Waals surface area contributed by atoms with Crippen molar-refractivity contribution in [3.05, 3.63) is 78.4 Å². The monoisotopic (exact) mass is 494 g/mol. The molecule has 2 heterocycles. The molecule has 0 saturated heterocycles. The smallest absolute Gasteiger partial charge is 0.234 e. The van der Waals surface area contributed by atoms with Gasteiger partial charge >= 0.3 is 0 Å². The van der Waals surface area contributed by atoms with Crippen LogP contribution in [-0.2, 0) is 17.6 Å². The number of halogens is 1. The van der Waals surface area contributed by atoms with Crippen LogP contribution < -0.4 is 5.32 Å². The molecule has 5 aromatic rings. The second-order valence-electron chi connectivity index (χ2n) is 7.36. The Morgan fingerprint density at radius 2 is 1.97 bits per heavy atom. The van der Waals surface area contributed by atoms with Gasteiger partial charge in [-0.15, -0.1) is 11.3 Å². The summed E-state index contributed by atoms with van der Waals surface area (Å²) >= 11 is 4.62. The highest BCUT2D eigenvalue weighted by atomic mass is 32.2. The zero-order chi connectivity index (χ0) is 22.8. The van der Waals surface area contributed by atoms with Crippen LogP contribution in [0.25, 0.3) is 21.0 Å². The highest BCUT2D eigenvalue weighted by Crippen LogP contribution is 2.34. The Hall–Kier alpha value is -2.88. The Labute approximate surface area is 202 Å². The molecule has 1 amide bonds. The van der Waals surface area contributed by atoms with Crippen LogP contribution in [0.4, 0.5) is 10.1 Å². The summed E-state index contributed by atoms with van der Waals surface area (Å²) < 4.78 is 17.9. The van der Waals surface area contributed by atoms with Crippen LogP contribution in [0.2, 0.25) is 0 Å². The largest absolute Gasteiger partial charge is 0.329 e. The third kappa shape index (κ3) is 4.90. The molecule has 5 nitrogen and oxygen atoms in total. The molecule has 5 rings (SSSR count). The number of benzene rings is 3. The first-order valence-corrected chi connectivity index (χ1v) is 12.9. The highest BCUT2D eigenvalue weighted by molar-refractivity contribution is 8.00. The van der Waals surface area contributed by atoms with Crippen LogP contribution in [0.15, 0.2) is 76.5 Å². The van der Waals surface area contributed by atoms with Gasteiger partial charge in [0.1, 0.15) is 5.82 Å². The van der Waals surface area contributed by atoms with Crippen molar-refractivity contribution >= 4 is 67.4 Å². The number of amides is 1. The van der Waals surface area contributed by atoms with Gasteiger partial charge in [-0.3, -0.25) is 4.79 Å². The summed E-state index contributed by atoms with van der Waals surface area (Å²) in [5.74, 6) is 0.712. The molecule has 9 heteroatoms. The average Bonchev–Trinajstić information content (AvgIpc) is 3.42. The normalized spacial score (nSPS) is 11.3. The van der Waals surface area contributed by atoms with Crippen molar-refractivity contribution in [1.29, 1.82) is 0 Å². The van der Waals surface area contributed by atoms with Gasteiger partial charge in [-0.05, 0) is 35.2 Å². The lowest BCUT2D eigenvalue weighted by atomic mass is 10.1. The molecule has 1 N–H and O–H groups in total. The number of carbonyl (C=O) groups is 1. The first kappa shape index (κ1) is 21.9. The van der Waals surface area contributed by atoms with Gasteiger partial charge in [0.25, 0.3) is 0 Å². The third-order valence-corrected chi connectivity index (χ3v) is 8.34. The van der Waals surface area contributed by atoms with Crippen LogP contribution in [0.5, 0.6) is 0 Å². The zero-order valence-electron chi connectivity index (χ0n) is 17.6. The van der Waals surface area contributed by atoms with E-state index < -0.39 is 0 Å². The summed E-state index contributed by atoms with van der Waals surface area (Å²) in [5, 5.41) is 5.32. The summed E-state index contributed by atoms with van der Waals surface area (Å²) in [7, 11) is 1.90. The molecule has 0 unspecified atom stereocenters. The number of thioether (sulfide) groups is 2. The van der Waals surface area contributed by atoms with Crippen LogP contribution in [0, 0.1) is 5.82 Å². The fourth-order valence-corrected chi connectivity index (χ4v) is 6.30. The number of imidazole rings is 1. The number of nitrogens with one attached hydrogen (secondary N) is 1. The minimum atomic E-state index is -0.202. The Morgan fingerprint density at radius 3 is 2.79 bits per heavy atom. The van der Waals surface area contributed by atoms with Crippen molar-refractivity contribution in [3.63, 3.8) is 0 Å². The lowest BCUT2D eigenvalue weighted by Crippen LogP contribution is -2.14. The molecule has 0 spiro atoms. The predicted molar refractivity (Wildman–Crippen MR) is 136 cm³/mol. The van der Waals surface area contributed by atoms with Gasteiger partial charge in [-0.1, -0.05) is 53.9 Å². The van der Waals surface area contributed by atoms with Gasteiger partial charge in [0.2, 0.25) is 5.91 Å². The van der Waals surface area contributed by atoms with Crippen molar-refractivity contribution < 1.29 is 9.18 Å². The van der Waals surface area contributed by atoms with Crippen molar-refractivity contribution in [2.45, 2.75) is 15.2 Å². The van der Waals surface area contributed by atoms with Crippen LogP contribution in [0.3, 0.4) is 0 Å². The Balaban J connectivity index is 1.25. The van der Waals surface area contributed by atoms with Crippen molar-refractivity contribution in [3.8, 4) is 0 Å². The maximum absolute atomic E-state index is 14.1. The van der Waals surface area contributed by atoms with E-state index in [0.717, 1.165) is 36.3 Å². The van der Waals surface area contributed by atoms with E-state index in [0.29, 0.717) is 11.1 Å². The minimum absolute atomic E-state index is 0.0790. The molecule has 0 fully saturated rings. The second kappa shape index (κ2) is 9.54. The van der Waals surface area contributed by atoms with Crippen molar-refractivity contribution in [1.82, 2.24) is 14.5 Å². The number of hydrogen-bond acceptors (Lipinski definition) is 6. The van der Waals surface area contributed by atoms with E-state index in [1.165, 1.54) is 17.8 Å². The minimum Gasteiger partial charge on any atom is -0.329 e. The molecule has 0 aliphatic rings. The number of thiazole rings is 1. The third-order valence-electron chi connectivity index (χ3n) is 5.07. The second-order valence-corrected chi connectivity index (χ2v) is 10.6. The van der Waals surface area contributed by atoms with Crippen molar-refractivity contribution in [2.24, 2.45) is 7.05 Å². The number of aryl methyl sites for hydroxylation is 1. The first-order valence-electron chi connectivity index (χ1n) is 10.2. The lowest BCUT2D eigenvalue weighted by molar-refractivity contribution is -0.113. The topological polar surface area (TPSA) is 59.8 Å². The SMILES string of the molecule is Cn1ccnc1SCC(=O)Nc1ccc2nc(SCc3ccc(F)c4ccccc34)sc2c1. The molecule has 0 atom stereocenters. The Kier molecular flexibility index (Phi) is 6.34. The van der Waals surface area contributed by atoms with E-state index in [1.54, 1.807) is 35.4 Å². The molecule has 0 bridgehead atoms. The maximum Gasteiger partial charge on any atom is 0.234 e. The summed E-state index contributed by atoms with van der Waals surface area (Å²) in [6, 6.07) is 16.6. The first-order chi connectivity index (χ1) is 16.1. The molecule has 33 heavy (non-hydrogen) atoms. The summed E-state index contributed by atoms with van der Waals surface area (Å²) in [6.07, 6.45) is 3.57. The van der Waals surface area contributed by atoms with Crippen LogP contribution in [-0.4, -0.2) is 26.2 Å². The molecule has 166 valence electrons. The average molecular weight is 495 g/mol. The van der Waals surface area contributed by atoms with Gasteiger partial charge in [0.15, 0.2) is 9.50 Å². The number of fused-ring (bicyclic) bond motifs is 2. The van der Waals surface area contributed by atoms with Gasteiger partial charge in [-0.2, -0.15) is 0 Å². The van der Waals surface area contributed by atoms with Gasteiger partial charge in [0.05, 0.1) is 16.0 Å². The molecule has 0 saturated carbocycles. The molecule has 3 aromatic carbocycles. The van der Waals surface area contributed by atoms with Crippen LogP contribution in [0.1, 0.15) is 5.56 Å². The Bertz CT molecular complexity index is 1460. The number of anilines is 1. The maximum atomic E-state index is 14.1. The quantitative estimate of drug-likeness (QED) is 0.267. The molecule has 2 aromatic heterocycles. The number of aromatic nitrogens is 3. The summed E-state index contributed by atoms with van der Waals surface area (Å²) in [6.45, 7) is 0. The van der Waals surface area contributed by atoms with E-state index >= 15 is 0 Å². The molecule has 0 radical (unpaired) electrons. The molecule has 0 aliphatic carbocycles. The van der Waals surface area contributed by atoms with Crippen molar-refractivity contribution in [2.75, 3.05) is 11.1 Å². The summed E-state index contributed by atoms with van der Waals surface area (Å²) in [5.41, 5.74) is 2.72. The number of hydrogen-bond donors (Lipinski definition) is 1. The van der Waals surface area contributed by atoms with Crippen LogP contribution >= 0.6 is 34.9 Å². The number of carbonyl (C=O) groups excluding carboxylic acids is 1. The fraction of sp³-hybridized carbons (Fsp3) is 0.125. The standard InChI is InChI=1S/C24H19FN4OS3/c1-29-11-10-26-23(29)31-14-22(30)27-16-7-9-20-21(12-16)33-24(28-20)32-13-15-6-8-19(25)18-5-3-2-4-17(15)18/h2-12H,13-14H2,1H3,(H,27,30). The van der Waals surface area contributed by atoms with E-state index in [4.69, 9.17) is 4.98 Å². The number of rotatable bonds is 7. The fourth-order valence-electron chi connectivity index (χ4n) is 3.45. The van der Waals surface area contributed by atoms with Gasteiger partial charge in [0, 0.05) is 36.3 Å². The lowest BCUT2D eigenvalue weighted by Gasteiger charge is -2.06.